The first-order chi connectivity index (χ1) is 12.2. The molecule has 2 aliphatic rings. The molecule has 1 aliphatic carbocycles. The van der Waals surface area contributed by atoms with Gasteiger partial charge >= 0.3 is 0 Å². The summed E-state index contributed by atoms with van der Waals surface area (Å²) in [4.78, 5) is 10.4. The first-order valence-corrected chi connectivity index (χ1v) is 8.57. The van der Waals surface area contributed by atoms with Crippen molar-refractivity contribution in [1.29, 1.82) is 0 Å². The molecule has 1 aliphatic heterocycles. The molecular formula is C19H20N2O4. The first-order valence-electron chi connectivity index (χ1n) is 8.57. The highest BCUT2D eigenvalue weighted by Crippen LogP contribution is 2.43. The van der Waals surface area contributed by atoms with Crippen LogP contribution < -0.4 is 14.8 Å². The lowest BCUT2D eigenvalue weighted by atomic mass is 10.0. The molecule has 0 radical (unpaired) electrons. The van der Waals surface area contributed by atoms with Gasteiger partial charge in [-0.2, -0.15) is 0 Å². The molecule has 0 spiro atoms. The molecule has 0 saturated heterocycles. The SMILES string of the molecule is O=[N+]([O-])c1ccc(CNC(c2ccc3c(c2)OCCO3)C2CC2)cc1. The van der Waals surface area contributed by atoms with Gasteiger partial charge in [0.05, 0.1) is 4.92 Å². The van der Waals surface area contributed by atoms with E-state index >= 15 is 0 Å². The summed E-state index contributed by atoms with van der Waals surface area (Å²) in [7, 11) is 0. The van der Waals surface area contributed by atoms with Crippen LogP contribution in [-0.2, 0) is 6.54 Å². The highest BCUT2D eigenvalue weighted by Gasteiger charge is 2.32. The molecule has 0 aromatic heterocycles. The lowest BCUT2D eigenvalue weighted by molar-refractivity contribution is -0.384. The summed E-state index contributed by atoms with van der Waals surface area (Å²) >= 11 is 0. The lowest BCUT2D eigenvalue weighted by Gasteiger charge is -2.23. The van der Waals surface area contributed by atoms with Gasteiger partial charge in [-0.3, -0.25) is 10.1 Å². The summed E-state index contributed by atoms with van der Waals surface area (Å²) in [6, 6.07) is 13.1. The summed E-state index contributed by atoms with van der Waals surface area (Å²) in [5, 5.41) is 14.3. The van der Waals surface area contributed by atoms with Crippen LogP contribution in [-0.4, -0.2) is 18.1 Å². The van der Waals surface area contributed by atoms with Crippen molar-refractivity contribution in [2.45, 2.75) is 25.4 Å². The van der Waals surface area contributed by atoms with E-state index in [2.05, 4.69) is 17.4 Å². The van der Waals surface area contributed by atoms with E-state index in [9.17, 15) is 10.1 Å². The van der Waals surface area contributed by atoms with Gasteiger partial charge in [-0.05, 0) is 42.0 Å². The summed E-state index contributed by atoms with van der Waals surface area (Å²) in [5.74, 6) is 2.24. The van der Waals surface area contributed by atoms with Crippen LogP contribution in [0.1, 0.15) is 30.0 Å². The van der Waals surface area contributed by atoms with Gasteiger partial charge in [-0.1, -0.05) is 18.2 Å². The normalized spacial score (nSPS) is 17.1. The van der Waals surface area contributed by atoms with Gasteiger partial charge < -0.3 is 14.8 Å². The number of benzene rings is 2. The highest BCUT2D eigenvalue weighted by molar-refractivity contribution is 5.45. The zero-order valence-corrected chi connectivity index (χ0v) is 13.8. The third-order valence-corrected chi connectivity index (χ3v) is 4.69. The monoisotopic (exact) mass is 340 g/mol. The van der Waals surface area contributed by atoms with Crippen molar-refractivity contribution >= 4 is 5.69 Å². The van der Waals surface area contributed by atoms with Crippen molar-refractivity contribution in [2.75, 3.05) is 13.2 Å². The molecule has 2 aromatic rings. The Kier molecular flexibility index (Phi) is 4.28. The average Bonchev–Trinajstić information content (AvgIpc) is 3.47. The molecule has 1 N–H and O–H groups in total. The zero-order valence-electron chi connectivity index (χ0n) is 13.8. The minimum Gasteiger partial charge on any atom is -0.486 e. The lowest BCUT2D eigenvalue weighted by Crippen LogP contribution is -2.23. The maximum atomic E-state index is 10.7. The molecule has 6 nitrogen and oxygen atoms in total. The average molecular weight is 340 g/mol. The minimum absolute atomic E-state index is 0.120. The Morgan fingerprint density at radius 2 is 1.80 bits per heavy atom. The number of ether oxygens (including phenoxy) is 2. The van der Waals surface area contributed by atoms with Gasteiger partial charge in [-0.15, -0.1) is 0 Å². The van der Waals surface area contributed by atoms with Gasteiger partial charge in [0.2, 0.25) is 0 Å². The van der Waals surface area contributed by atoms with Gasteiger partial charge in [-0.25, -0.2) is 0 Å². The van der Waals surface area contributed by atoms with Crippen molar-refractivity contribution < 1.29 is 14.4 Å². The number of non-ortho nitro benzene ring substituents is 1. The van der Waals surface area contributed by atoms with Gasteiger partial charge in [0, 0.05) is 24.7 Å². The van der Waals surface area contributed by atoms with Gasteiger partial charge in [0.15, 0.2) is 11.5 Å². The summed E-state index contributed by atoms with van der Waals surface area (Å²) in [5.41, 5.74) is 2.36. The van der Waals surface area contributed by atoms with Gasteiger partial charge in [0.25, 0.3) is 5.69 Å². The van der Waals surface area contributed by atoms with E-state index in [1.54, 1.807) is 24.3 Å². The molecule has 6 heteroatoms. The number of nitro benzene ring substituents is 1. The minimum atomic E-state index is -0.376. The number of nitrogens with zero attached hydrogens (tertiary/aromatic N) is 1. The van der Waals surface area contributed by atoms with E-state index in [1.807, 2.05) is 6.07 Å². The van der Waals surface area contributed by atoms with Crippen molar-refractivity contribution in [3.63, 3.8) is 0 Å². The van der Waals surface area contributed by atoms with Crippen LogP contribution in [0.15, 0.2) is 42.5 Å². The fourth-order valence-electron chi connectivity index (χ4n) is 3.20. The van der Waals surface area contributed by atoms with Crippen molar-refractivity contribution in [2.24, 2.45) is 5.92 Å². The molecule has 0 bridgehead atoms. The zero-order chi connectivity index (χ0) is 17.2. The molecule has 1 unspecified atom stereocenters. The first kappa shape index (κ1) is 15.9. The second kappa shape index (κ2) is 6.72. The molecule has 4 rings (SSSR count). The topological polar surface area (TPSA) is 73.6 Å². The van der Waals surface area contributed by atoms with E-state index in [-0.39, 0.29) is 16.7 Å². The fourth-order valence-corrected chi connectivity index (χ4v) is 3.20. The molecule has 130 valence electrons. The van der Waals surface area contributed by atoms with E-state index in [0.717, 1.165) is 17.1 Å². The maximum absolute atomic E-state index is 10.7. The number of hydrogen-bond acceptors (Lipinski definition) is 5. The quantitative estimate of drug-likeness (QED) is 0.642. The largest absolute Gasteiger partial charge is 0.486 e. The maximum Gasteiger partial charge on any atom is 0.269 e. The molecule has 1 fully saturated rings. The molecular weight excluding hydrogens is 320 g/mol. The molecule has 1 atom stereocenters. The number of fused-ring (bicyclic) bond motifs is 1. The summed E-state index contributed by atoms with van der Waals surface area (Å²) in [6.45, 7) is 1.85. The van der Waals surface area contributed by atoms with Crippen molar-refractivity contribution in [3.8, 4) is 11.5 Å². The number of hydrogen-bond donors (Lipinski definition) is 1. The van der Waals surface area contributed by atoms with E-state index < -0.39 is 0 Å². The number of nitro groups is 1. The Morgan fingerprint density at radius 3 is 2.48 bits per heavy atom. The predicted octanol–water partition coefficient (Wildman–Crippen LogP) is 3.61. The smallest absolute Gasteiger partial charge is 0.269 e. The molecule has 0 amide bonds. The predicted molar refractivity (Wildman–Crippen MR) is 92.8 cm³/mol. The second-order valence-corrected chi connectivity index (χ2v) is 6.52. The molecule has 1 heterocycles. The summed E-state index contributed by atoms with van der Waals surface area (Å²) < 4.78 is 11.3. The van der Waals surface area contributed by atoms with Crippen LogP contribution in [0, 0.1) is 16.0 Å². The van der Waals surface area contributed by atoms with Crippen LogP contribution in [0.2, 0.25) is 0 Å². The third-order valence-electron chi connectivity index (χ3n) is 4.69. The van der Waals surface area contributed by atoms with E-state index in [1.165, 1.54) is 18.4 Å². The number of rotatable bonds is 6. The van der Waals surface area contributed by atoms with Crippen LogP contribution in [0.3, 0.4) is 0 Å². The standard InChI is InChI=1S/C19H20N2O4/c22-21(23)16-6-1-13(2-7-16)12-20-19(14-3-4-14)15-5-8-17-18(11-15)25-10-9-24-17/h1-2,5-8,11,14,19-20H,3-4,9-10,12H2. The Morgan fingerprint density at radius 1 is 1.08 bits per heavy atom. The molecule has 2 aromatic carbocycles. The van der Waals surface area contributed by atoms with E-state index in [0.29, 0.717) is 25.7 Å². The Bertz CT molecular complexity index is 771. The highest BCUT2D eigenvalue weighted by atomic mass is 16.6. The van der Waals surface area contributed by atoms with Crippen molar-refractivity contribution in [1.82, 2.24) is 5.32 Å². The number of nitrogens with one attached hydrogen (secondary N) is 1. The van der Waals surface area contributed by atoms with Crippen LogP contribution >= 0.6 is 0 Å². The van der Waals surface area contributed by atoms with Crippen LogP contribution in [0.25, 0.3) is 0 Å². The van der Waals surface area contributed by atoms with Gasteiger partial charge in [0.1, 0.15) is 13.2 Å². The second-order valence-electron chi connectivity index (χ2n) is 6.52. The van der Waals surface area contributed by atoms with Crippen LogP contribution in [0.4, 0.5) is 5.69 Å². The van der Waals surface area contributed by atoms with Crippen molar-refractivity contribution in [3.05, 3.63) is 63.7 Å². The Balaban J connectivity index is 1.47. The fraction of sp³-hybridized carbons (Fsp3) is 0.368. The summed E-state index contributed by atoms with van der Waals surface area (Å²) in [6.07, 6.45) is 2.43. The Hall–Kier alpha value is -2.60. The van der Waals surface area contributed by atoms with Crippen LogP contribution in [0.5, 0.6) is 11.5 Å². The molecule has 1 saturated carbocycles. The molecule has 25 heavy (non-hydrogen) atoms. The third kappa shape index (κ3) is 3.58. The van der Waals surface area contributed by atoms with E-state index in [4.69, 9.17) is 9.47 Å². The Labute approximate surface area is 145 Å².